The minimum atomic E-state index is -1.82. The summed E-state index contributed by atoms with van der Waals surface area (Å²) in [5, 5.41) is 14.8. The average Bonchev–Trinajstić information content (AvgIpc) is 1.36. The van der Waals surface area contributed by atoms with Crippen LogP contribution in [-0.2, 0) is 42.3 Å². The molecule has 8 heavy (non-hydrogen) atoms. The fraction of sp³-hybridized carbons (Fsp3) is 0. The van der Waals surface area contributed by atoms with Gasteiger partial charge in [-0.05, 0) is 0 Å². The SMILES string of the molecule is O=C(O)C(=O)O.[CH3-].[Y]. The molecule has 0 saturated carbocycles. The number of aliphatic carboxylic acids is 2. The summed E-state index contributed by atoms with van der Waals surface area (Å²) in [4.78, 5) is 18.2. The van der Waals surface area contributed by atoms with Crippen molar-refractivity contribution in [2.24, 2.45) is 0 Å². The van der Waals surface area contributed by atoms with Crippen molar-refractivity contribution < 1.29 is 52.5 Å². The number of rotatable bonds is 0. The Morgan fingerprint density at radius 2 is 1.12 bits per heavy atom. The Kier molecular flexibility index (Phi) is 13.8. The maximum absolute atomic E-state index is 9.10. The summed E-state index contributed by atoms with van der Waals surface area (Å²) in [7, 11) is 0. The number of carboxylic acid groups (broad SMARTS) is 2. The summed E-state index contributed by atoms with van der Waals surface area (Å²) in [6, 6.07) is 0. The van der Waals surface area contributed by atoms with Gasteiger partial charge in [-0.1, -0.05) is 0 Å². The van der Waals surface area contributed by atoms with Crippen LogP contribution in [0.4, 0.5) is 0 Å². The Balaban J connectivity index is -0.000000125. The number of hydrogen-bond donors (Lipinski definition) is 2. The van der Waals surface area contributed by atoms with E-state index in [1.165, 1.54) is 0 Å². The number of carboxylic acids is 2. The Hall–Kier alpha value is 0.0439. The van der Waals surface area contributed by atoms with Gasteiger partial charge in [0.05, 0.1) is 0 Å². The molecule has 0 atom stereocenters. The van der Waals surface area contributed by atoms with Crippen LogP contribution in [0.1, 0.15) is 0 Å². The van der Waals surface area contributed by atoms with Crippen LogP contribution in [0.2, 0.25) is 0 Å². The van der Waals surface area contributed by atoms with Gasteiger partial charge in [0.25, 0.3) is 0 Å². The van der Waals surface area contributed by atoms with Gasteiger partial charge in [-0.3, -0.25) is 0 Å². The van der Waals surface area contributed by atoms with Crippen molar-refractivity contribution in [3.8, 4) is 0 Å². The van der Waals surface area contributed by atoms with Crippen molar-refractivity contribution in [3.63, 3.8) is 0 Å². The Bertz CT molecular complexity index is 77.3. The van der Waals surface area contributed by atoms with E-state index >= 15 is 0 Å². The fourth-order valence-corrected chi connectivity index (χ4v) is 0. The van der Waals surface area contributed by atoms with Gasteiger partial charge in [-0.2, -0.15) is 0 Å². The molecule has 0 spiro atoms. The number of carbonyl (C=O) groups is 2. The van der Waals surface area contributed by atoms with Gasteiger partial charge in [-0.25, -0.2) is 9.59 Å². The third-order valence-corrected chi connectivity index (χ3v) is 0.183. The summed E-state index contributed by atoms with van der Waals surface area (Å²) < 4.78 is 0. The van der Waals surface area contributed by atoms with Crippen LogP contribution >= 0.6 is 0 Å². The van der Waals surface area contributed by atoms with Crippen LogP contribution in [0.3, 0.4) is 0 Å². The molecule has 0 amide bonds. The summed E-state index contributed by atoms with van der Waals surface area (Å²) in [5.41, 5.74) is 0. The summed E-state index contributed by atoms with van der Waals surface area (Å²) in [6.07, 6.45) is 0. The summed E-state index contributed by atoms with van der Waals surface area (Å²) >= 11 is 0. The van der Waals surface area contributed by atoms with E-state index in [9.17, 15) is 0 Å². The maximum atomic E-state index is 9.10. The molecule has 0 aromatic carbocycles. The van der Waals surface area contributed by atoms with Crippen LogP contribution in [-0.4, -0.2) is 22.2 Å². The summed E-state index contributed by atoms with van der Waals surface area (Å²) in [5.74, 6) is -3.65. The predicted molar refractivity (Wildman–Crippen MR) is 21.7 cm³/mol. The molecule has 0 bridgehead atoms. The molecular formula is C3H5O4Y-. The third kappa shape index (κ3) is 9.40. The second-order valence-electron chi connectivity index (χ2n) is 0.610. The van der Waals surface area contributed by atoms with Crippen LogP contribution in [0.15, 0.2) is 0 Å². The maximum Gasteiger partial charge on any atom is 0.414 e. The molecule has 0 fully saturated rings. The molecule has 45 valence electrons. The quantitative estimate of drug-likeness (QED) is 0.406. The molecule has 0 aliphatic rings. The van der Waals surface area contributed by atoms with Crippen molar-refractivity contribution in [2.75, 3.05) is 0 Å². The van der Waals surface area contributed by atoms with E-state index < -0.39 is 11.9 Å². The van der Waals surface area contributed by atoms with E-state index in [2.05, 4.69) is 0 Å². The van der Waals surface area contributed by atoms with Gasteiger partial charge in [0.15, 0.2) is 0 Å². The Morgan fingerprint density at radius 1 is 1.00 bits per heavy atom. The van der Waals surface area contributed by atoms with Gasteiger partial charge in [-0.15, -0.1) is 0 Å². The Morgan fingerprint density at radius 3 is 1.12 bits per heavy atom. The predicted octanol–water partition coefficient (Wildman–Crippen LogP) is -0.397. The molecule has 0 aliphatic carbocycles. The molecule has 0 aromatic heterocycles. The van der Waals surface area contributed by atoms with E-state index in [0.29, 0.717) is 0 Å². The van der Waals surface area contributed by atoms with Gasteiger partial charge in [0, 0.05) is 32.7 Å². The largest absolute Gasteiger partial charge is 0.473 e. The zero-order valence-electron chi connectivity index (χ0n) is 4.29. The van der Waals surface area contributed by atoms with Crippen LogP contribution in [0.25, 0.3) is 0 Å². The molecule has 5 heteroatoms. The normalized spacial score (nSPS) is 5.50. The molecule has 0 aromatic rings. The smallest absolute Gasteiger partial charge is 0.414 e. The van der Waals surface area contributed by atoms with Crippen molar-refractivity contribution in [2.45, 2.75) is 0 Å². The van der Waals surface area contributed by atoms with Gasteiger partial charge < -0.3 is 17.6 Å². The van der Waals surface area contributed by atoms with E-state index in [4.69, 9.17) is 19.8 Å². The van der Waals surface area contributed by atoms with Gasteiger partial charge in [0.2, 0.25) is 0 Å². The molecule has 0 rings (SSSR count). The topological polar surface area (TPSA) is 74.6 Å². The third-order valence-electron chi connectivity index (χ3n) is 0.183. The molecule has 0 aliphatic heterocycles. The zero-order chi connectivity index (χ0) is 5.15. The molecule has 0 saturated heterocycles. The average molecular weight is 194 g/mol. The zero-order valence-corrected chi connectivity index (χ0v) is 7.13. The first-order valence-corrected chi connectivity index (χ1v) is 1.11. The van der Waals surface area contributed by atoms with Crippen LogP contribution in [0.5, 0.6) is 0 Å². The van der Waals surface area contributed by atoms with Crippen LogP contribution < -0.4 is 0 Å². The molecule has 4 nitrogen and oxygen atoms in total. The van der Waals surface area contributed by atoms with E-state index in [-0.39, 0.29) is 40.1 Å². The number of hydrogen-bond acceptors (Lipinski definition) is 2. The molecule has 0 unspecified atom stereocenters. The van der Waals surface area contributed by atoms with Crippen molar-refractivity contribution in [3.05, 3.63) is 7.43 Å². The molecule has 0 heterocycles. The van der Waals surface area contributed by atoms with Crippen LogP contribution in [0, 0.1) is 7.43 Å². The van der Waals surface area contributed by atoms with Gasteiger partial charge >= 0.3 is 11.9 Å². The van der Waals surface area contributed by atoms with Gasteiger partial charge in [0.1, 0.15) is 0 Å². The Labute approximate surface area is 71.8 Å². The minimum absolute atomic E-state index is 0. The molecule has 1 radical (unpaired) electrons. The second-order valence-corrected chi connectivity index (χ2v) is 0.610. The monoisotopic (exact) mass is 194 g/mol. The summed E-state index contributed by atoms with van der Waals surface area (Å²) in [6.45, 7) is 0. The first-order chi connectivity index (χ1) is 2.64. The van der Waals surface area contributed by atoms with E-state index in [1.807, 2.05) is 0 Å². The molecule has 2 N–H and O–H groups in total. The van der Waals surface area contributed by atoms with E-state index in [0.717, 1.165) is 0 Å². The van der Waals surface area contributed by atoms with Crippen molar-refractivity contribution >= 4 is 11.9 Å². The van der Waals surface area contributed by atoms with Crippen molar-refractivity contribution in [1.82, 2.24) is 0 Å². The first kappa shape index (κ1) is 15.7. The standard InChI is InChI=1S/C2H2O4.CH3.Y/c3-1(4)2(5)6;;/h(H,3,4)(H,5,6);1H3;/q;-1;. The second kappa shape index (κ2) is 7.04. The minimum Gasteiger partial charge on any atom is -0.473 e. The fourth-order valence-electron chi connectivity index (χ4n) is 0. The van der Waals surface area contributed by atoms with E-state index in [1.54, 1.807) is 0 Å². The van der Waals surface area contributed by atoms with Crippen molar-refractivity contribution in [1.29, 1.82) is 0 Å². The first-order valence-electron chi connectivity index (χ1n) is 1.11. The molecular weight excluding hydrogens is 189 g/mol.